The standard InChI is InChI=1S/C15H25N3O2/c1-11(2)10-18-9-8-16-14(15(18)20)17(3)12-6-4-5-7-13(12)19/h8-9,11-13,19H,4-7,10H2,1-3H3. The smallest absolute Gasteiger partial charge is 0.293 e. The van der Waals surface area contributed by atoms with Crippen molar-refractivity contribution in [3.63, 3.8) is 0 Å². The van der Waals surface area contributed by atoms with Crippen LogP contribution >= 0.6 is 0 Å². The number of hydrogen-bond donors (Lipinski definition) is 1. The van der Waals surface area contributed by atoms with E-state index >= 15 is 0 Å². The summed E-state index contributed by atoms with van der Waals surface area (Å²) in [5.74, 6) is 0.854. The molecule has 0 saturated heterocycles. The van der Waals surface area contributed by atoms with Gasteiger partial charge in [-0.3, -0.25) is 4.79 Å². The minimum Gasteiger partial charge on any atom is -0.391 e. The van der Waals surface area contributed by atoms with Crippen molar-refractivity contribution < 1.29 is 5.11 Å². The van der Waals surface area contributed by atoms with Crippen molar-refractivity contribution >= 4 is 5.82 Å². The molecule has 5 nitrogen and oxygen atoms in total. The third-order valence-corrected chi connectivity index (χ3v) is 3.98. The highest BCUT2D eigenvalue weighted by Gasteiger charge is 2.28. The van der Waals surface area contributed by atoms with Crippen LogP contribution in [0, 0.1) is 5.92 Å². The monoisotopic (exact) mass is 279 g/mol. The number of hydrogen-bond acceptors (Lipinski definition) is 4. The summed E-state index contributed by atoms with van der Waals surface area (Å²) >= 11 is 0. The molecule has 0 bridgehead atoms. The zero-order chi connectivity index (χ0) is 14.7. The molecule has 1 fully saturated rings. The van der Waals surface area contributed by atoms with Crippen molar-refractivity contribution in [2.24, 2.45) is 5.92 Å². The van der Waals surface area contributed by atoms with Crippen LogP contribution in [0.2, 0.25) is 0 Å². The number of nitrogens with zero attached hydrogens (tertiary/aromatic N) is 3. The molecule has 0 aromatic carbocycles. The molecular weight excluding hydrogens is 254 g/mol. The Morgan fingerprint density at radius 3 is 2.80 bits per heavy atom. The first kappa shape index (κ1) is 15.0. The van der Waals surface area contributed by atoms with E-state index in [9.17, 15) is 9.90 Å². The van der Waals surface area contributed by atoms with Gasteiger partial charge in [0.15, 0.2) is 5.82 Å². The van der Waals surface area contributed by atoms with Crippen LogP contribution in [0.3, 0.4) is 0 Å². The molecule has 1 aromatic rings. The molecule has 0 spiro atoms. The lowest BCUT2D eigenvalue weighted by Crippen LogP contribution is -2.46. The van der Waals surface area contributed by atoms with E-state index in [2.05, 4.69) is 18.8 Å². The van der Waals surface area contributed by atoms with Gasteiger partial charge < -0.3 is 14.6 Å². The van der Waals surface area contributed by atoms with Gasteiger partial charge in [-0.05, 0) is 18.8 Å². The fourth-order valence-electron chi connectivity index (χ4n) is 2.92. The molecular formula is C15H25N3O2. The number of likely N-dealkylation sites (N-methyl/N-ethyl adjacent to an activating group) is 1. The molecule has 112 valence electrons. The molecule has 0 aliphatic heterocycles. The van der Waals surface area contributed by atoms with Gasteiger partial charge in [-0.25, -0.2) is 4.98 Å². The zero-order valence-electron chi connectivity index (χ0n) is 12.6. The second-order valence-electron chi connectivity index (χ2n) is 6.13. The van der Waals surface area contributed by atoms with Crippen LogP contribution in [-0.2, 0) is 6.54 Å². The Labute approximate surface area is 120 Å². The normalized spacial score (nSPS) is 23.1. The molecule has 0 amide bonds. The average Bonchev–Trinajstić information content (AvgIpc) is 2.40. The van der Waals surface area contributed by atoms with Gasteiger partial charge in [-0.1, -0.05) is 26.7 Å². The van der Waals surface area contributed by atoms with E-state index in [-0.39, 0.29) is 17.7 Å². The van der Waals surface area contributed by atoms with Gasteiger partial charge in [-0.15, -0.1) is 0 Å². The minimum atomic E-state index is -0.367. The van der Waals surface area contributed by atoms with Gasteiger partial charge in [0, 0.05) is 26.0 Å². The first-order valence-electron chi connectivity index (χ1n) is 7.47. The molecule has 5 heteroatoms. The summed E-state index contributed by atoms with van der Waals surface area (Å²) in [6.45, 7) is 4.86. The summed E-state index contributed by atoms with van der Waals surface area (Å²) in [6.07, 6.45) is 6.92. The van der Waals surface area contributed by atoms with Crippen LogP contribution in [-0.4, -0.2) is 33.9 Å². The third kappa shape index (κ3) is 3.20. The Morgan fingerprint density at radius 1 is 1.45 bits per heavy atom. The number of anilines is 1. The highest BCUT2D eigenvalue weighted by Crippen LogP contribution is 2.24. The Balaban J connectivity index is 2.25. The first-order valence-corrected chi connectivity index (χ1v) is 7.47. The molecule has 0 radical (unpaired) electrons. The van der Waals surface area contributed by atoms with Gasteiger partial charge in [0.25, 0.3) is 5.56 Å². The van der Waals surface area contributed by atoms with E-state index in [4.69, 9.17) is 0 Å². The van der Waals surface area contributed by atoms with E-state index in [0.717, 1.165) is 25.7 Å². The molecule has 2 rings (SSSR count). The predicted molar refractivity (Wildman–Crippen MR) is 80.0 cm³/mol. The van der Waals surface area contributed by atoms with Crippen molar-refractivity contribution in [1.29, 1.82) is 0 Å². The maximum Gasteiger partial charge on any atom is 0.293 e. The number of aliphatic hydroxyl groups excluding tert-OH is 1. The summed E-state index contributed by atoms with van der Waals surface area (Å²) in [5.41, 5.74) is -0.0681. The van der Waals surface area contributed by atoms with Gasteiger partial charge in [-0.2, -0.15) is 0 Å². The predicted octanol–water partition coefficient (Wildman–Crippen LogP) is 1.64. The van der Waals surface area contributed by atoms with E-state index in [1.54, 1.807) is 17.0 Å². The minimum absolute atomic E-state index is 0.00106. The maximum atomic E-state index is 12.5. The fourth-order valence-corrected chi connectivity index (χ4v) is 2.92. The maximum absolute atomic E-state index is 12.5. The third-order valence-electron chi connectivity index (χ3n) is 3.98. The van der Waals surface area contributed by atoms with E-state index in [1.807, 2.05) is 11.9 Å². The van der Waals surface area contributed by atoms with Gasteiger partial charge in [0.05, 0.1) is 12.1 Å². The average molecular weight is 279 g/mol. The molecule has 1 heterocycles. The van der Waals surface area contributed by atoms with Crippen molar-refractivity contribution in [1.82, 2.24) is 9.55 Å². The lowest BCUT2D eigenvalue weighted by Gasteiger charge is -2.35. The summed E-state index contributed by atoms with van der Waals surface area (Å²) in [7, 11) is 1.86. The van der Waals surface area contributed by atoms with Crippen LogP contribution in [0.1, 0.15) is 39.5 Å². The van der Waals surface area contributed by atoms with Gasteiger partial charge in [0.1, 0.15) is 0 Å². The van der Waals surface area contributed by atoms with Crippen LogP contribution in [0.15, 0.2) is 17.2 Å². The lowest BCUT2D eigenvalue weighted by atomic mass is 9.91. The topological polar surface area (TPSA) is 58.4 Å². The summed E-state index contributed by atoms with van der Waals surface area (Å²) in [4.78, 5) is 18.6. The van der Waals surface area contributed by atoms with Crippen LogP contribution < -0.4 is 10.5 Å². The van der Waals surface area contributed by atoms with Crippen molar-refractivity contribution in [2.45, 2.75) is 58.2 Å². The molecule has 2 unspecified atom stereocenters. The Bertz CT molecular complexity index is 498. The van der Waals surface area contributed by atoms with E-state index in [0.29, 0.717) is 18.3 Å². The molecule has 1 saturated carbocycles. The van der Waals surface area contributed by atoms with E-state index in [1.165, 1.54) is 0 Å². The molecule has 1 aliphatic carbocycles. The lowest BCUT2D eigenvalue weighted by molar-refractivity contribution is 0.106. The number of rotatable bonds is 4. The van der Waals surface area contributed by atoms with Gasteiger partial charge in [0.2, 0.25) is 0 Å². The summed E-state index contributed by atoms with van der Waals surface area (Å²) in [5, 5.41) is 10.1. The largest absolute Gasteiger partial charge is 0.391 e. The number of aliphatic hydroxyl groups is 1. The SMILES string of the molecule is CC(C)Cn1ccnc(N(C)C2CCCCC2O)c1=O. The fraction of sp³-hybridized carbons (Fsp3) is 0.733. The summed E-state index contributed by atoms with van der Waals surface area (Å²) < 4.78 is 1.71. The Kier molecular flexibility index (Phi) is 4.81. The summed E-state index contributed by atoms with van der Waals surface area (Å²) in [6, 6.07) is -0.00106. The van der Waals surface area contributed by atoms with Crippen LogP contribution in [0.4, 0.5) is 5.82 Å². The van der Waals surface area contributed by atoms with Crippen molar-refractivity contribution in [3.05, 3.63) is 22.7 Å². The second-order valence-corrected chi connectivity index (χ2v) is 6.13. The van der Waals surface area contributed by atoms with E-state index < -0.39 is 0 Å². The highest BCUT2D eigenvalue weighted by molar-refractivity contribution is 5.36. The van der Waals surface area contributed by atoms with Gasteiger partial charge >= 0.3 is 0 Å². The highest BCUT2D eigenvalue weighted by atomic mass is 16.3. The first-order chi connectivity index (χ1) is 9.50. The quantitative estimate of drug-likeness (QED) is 0.910. The molecule has 20 heavy (non-hydrogen) atoms. The second kappa shape index (κ2) is 6.39. The molecule has 1 aliphatic rings. The Hall–Kier alpha value is -1.36. The molecule has 2 atom stereocenters. The molecule has 1 N–H and O–H groups in total. The van der Waals surface area contributed by atoms with Crippen molar-refractivity contribution in [2.75, 3.05) is 11.9 Å². The zero-order valence-corrected chi connectivity index (χ0v) is 12.6. The van der Waals surface area contributed by atoms with Crippen LogP contribution in [0.5, 0.6) is 0 Å². The van der Waals surface area contributed by atoms with Crippen molar-refractivity contribution in [3.8, 4) is 0 Å². The Morgan fingerprint density at radius 2 is 2.15 bits per heavy atom. The number of aromatic nitrogens is 2. The molecule has 1 aromatic heterocycles. The van der Waals surface area contributed by atoms with Crippen LogP contribution in [0.25, 0.3) is 0 Å².